The highest BCUT2D eigenvalue weighted by atomic mass is 32.2. The predicted octanol–water partition coefficient (Wildman–Crippen LogP) is 4.58. The molecule has 2 aromatic carbocycles. The van der Waals surface area contributed by atoms with Crippen LogP contribution >= 0.6 is 0 Å². The van der Waals surface area contributed by atoms with Crippen LogP contribution in [0.2, 0.25) is 0 Å². The van der Waals surface area contributed by atoms with E-state index >= 15 is 0 Å². The van der Waals surface area contributed by atoms with Gasteiger partial charge in [0.05, 0.1) is 23.0 Å². The van der Waals surface area contributed by atoms with Crippen molar-refractivity contribution in [1.82, 2.24) is 14.9 Å². The zero-order valence-electron chi connectivity index (χ0n) is 23.8. The van der Waals surface area contributed by atoms with E-state index in [-0.39, 0.29) is 12.6 Å². The number of aryl methyl sites for hydroxylation is 1. The first-order valence-electron chi connectivity index (χ1n) is 13.6. The van der Waals surface area contributed by atoms with Gasteiger partial charge in [-0.1, -0.05) is 30.3 Å². The molecule has 5 rings (SSSR count). The van der Waals surface area contributed by atoms with Gasteiger partial charge in [-0.15, -0.1) is 0 Å². The van der Waals surface area contributed by atoms with E-state index in [4.69, 9.17) is 21.3 Å². The van der Waals surface area contributed by atoms with Crippen LogP contribution in [0.5, 0.6) is 0 Å². The minimum atomic E-state index is -1.36. The Hall–Kier alpha value is -3.71. The topological polar surface area (TPSA) is 83.2 Å². The van der Waals surface area contributed by atoms with Crippen LogP contribution in [0.15, 0.2) is 41.6 Å². The number of benzene rings is 2. The second-order valence-corrected chi connectivity index (χ2v) is 12.7. The van der Waals surface area contributed by atoms with Gasteiger partial charge in [0.2, 0.25) is 11.7 Å². The zero-order valence-corrected chi connectivity index (χ0v) is 24.6. The van der Waals surface area contributed by atoms with Crippen LogP contribution in [0.3, 0.4) is 0 Å². The number of aromatic nitrogens is 2. The molecule has 0 spiro atoms. The highest BCUT2D eigenvalue weighted by Crippen LogP contribution is 2.35. The first-order chi connectivity index (χ1) is 19.1. The Kier molecular flexibility index (Phi) is 7.69. The number of nitrogens with zero attached hydrogens (tertiary/aromatic N) is 6. The van der Waals surface area contributed by atoms with E-state index in [1.165, 1.54) is 22.0 Å². The Morgan fingerprint density at radius 3 is 2.58 bits per heavy atom. The molecule has 0 bridgehead atoms. The van der Waals surface area contributed by atoms with E-state index in [9.17, 15) is 9.00 Å². The SMILES string of the molecule is [C-]#[N+]CC1CN(c2nc(S(C)=O)nc3c2CCN(c2cccc4cccc(C)c24)C3)CCN1C(=O)OC(C)(C)C. The van der Waals surface area contributed by atoms with E-state index in [0.717, 1.165) is 30.0 Å². The molecule has 40 heavy (non-hydrogen) atoms. The third kappa shape index (κ3) is 5.61. The molecule has 0 N–H and O–H groups in total. The third-order valence-electron chi connectivity index (χ3n) is 7.42. The summed E-state index contributed by atoms with van der Waals surface area (Å²) in [5.74, 6) is 0.766. The second-order valence-electron chi connectivity index (χ2n) is 11.4. The van der Waals surface area contributed by atoms with Crippen molar-refractivity contribution in [2.24, 2.45) is 0 Å². The van der Waals surface area contributed by atoms with Gasteiger partial charge in [-0.05, 0) is 51.1 Å². The number of piperazine rings is 1. The Morgan fingerprint density at radius 1 is 1.12 bits per heavy atom. The van der Waals surface area contributed by atoms with Gasteiger partial charge in [-0.2, -0.15) is 0 Å². The van der Waals surface area contributed by atoms with Crippen molar-refractivity contribution < 1.29 is 13.7 Å². The quantitative estimate of drug-likeness (QED) is 0.341. The van der Waals surface area contributed by atoms with Gasteiger partial charge in [-0.3, -0.25) is 9.11 Å². The maximum absolute atomic E-state index is 12.9. The lowest BCUT2D eigenvalue weighted by atomic mass is 9.99. The smallest absolute Gasteiger partial charge is 0.410 e. The van der Waals surface area contributed by atoms with E-state index in [2.05, 4.69) is 58.0 Å². The Labute approximate surface area is 238 Å². The van der Waals surface area contributed by atoms with Crippen molar-refractivity contribution in [3.8, 4) is 0 Å². The summed E-state index contributed by atoms with van der Waals surface area (Å²) in [6.07, 6.45) is 1.94. The largest absolute Gasteiger partial charge is 0.444 e. The number of hydrogen-bond donors (Lipinski definition) is 0. The van der Waals surface area contributed by atoms with Crippen molar-refractivity contribution in [2.75, 3.05) is 48.8 Å². The van der Waals surface area contributed by atoms with Crippen molar-refractivity contribution in [3.63, 3.8) is 0 Å². The standard InChI is InChI=1S/C30H36N6O3S/c1-20-9-7-10-21-11-8-12-25(26(20)21)34-14-13-23-24(19-34)32-28(40(6)38)33-27(23)35-15-16-36(22(18-35)17-31-5)29(37)39-30(2,3)4/h7-12,22H,13-19H2,1-4,6H3. The lowest BCUT2D eigenvalue weighted by Crippen LogP contribution is -2.57. The molecule has 0 radical (unpaired) electrons. The molecule has 3 aromatic rings. The number of ether oxygens (including phenoxy) is 1. The van der Waals surface area contributed by atoms with E-state index in [1.807, 2.05) is 20.8 Å². The molecule has 10 heteroatoms. The zero-order chi connectivity index (χ0) is 28.6. The van der Waals surface area contributed by atoms with Crippen molar-refractivity contribution in [1.29, 1.82) is 0 Å². The van der Waals surface area contributed by atoms with Gasteiger partial charge >= 0.3 is 6.09 Å². The van der Waals surface area contributed by atoms with Crippen LogP contribution in [-0.4, -0.2) is 75.8 Å². The van der Waals surface area contributed by atoms with Crippen molar-refractivity contribution in [3.05, 3.63) is 64.6 Å². The molecule has 1 fully saturated rings. The van der Waals surface area contributed by atoms with Crippen molar-refractivity contribution in [2.45, 2.75) is 57.5 Å². The summed E-state index contributed by atoms with van der Waals surface area (Å²) in [6.45, 7) is 18.1. The molecule has 1 saturated heterocycles. The molecule has 0 saturated carbocycles. The van der Waals surface area contributed by atoms with Crippen LogP contribution in [0, 0.1) is 13.5 Å². The molecule has 210 valence electrons. The summed E-state index contributed by atoms with van der Waals surface area (Å²) in [7, 11) is -1.36. The van der Waals surface area contributed by atoms with Crippen LogP contribution < -0.4 is 9.80 Å². The average Bonchev–Trinajstić information content (AvgIpc) is 2.91. The fourth-order valence-electron chi connectivity index (χ4n) is 5.62. The number of rotatable bonds is 4. The molecule has 0 aliphatic carbocycles. The van der Waals surface area contributed by atoms with Gasteiger partial charge in [0, 0.05) is 49.1 Å². The van der Waals surface area contributed by atoms with Crippen LogP contribution in [0.4, 0.5) is 16.3 Å². The molecule has 1 amide bonds. The molecular formula is C30H36N6O3S. The summed E-state index contributed by atoms with van der Waals surface area (Å²) in [5.41, 5.74) is 3.71. The highest BCUT2D eigenvalue weighted by Gasteiger charge is 2.37. The maximum Gasteiger partial charge on any atom is 0.410 e. The summed E-state index contributed by atoms with van der Waals surface area (Å²) >= 11 is 0. The number of amides is 1. The lowest BCUT2D eigenvalue weighted by molar-refractivity contribution is 0.0155. The maximum atomic E-state index is 12.9. The predicted molar refractivity (Wildman–Crippen MR) is 158 cm³/mol. The van der Waals surface area contributed by atoms with E-state index in [0.29, 0.717) is 31.3 Å². The van der Waals surface area contributed by atoms with Gasteiger partial charge in [0.15, 0.2) is 0 Å². The van der Waals surface area contributed by atoms with Crippen LogP contribution in [0.1, 0.15) is 37.6 Å². The Balaban J connectivity index is 1.47. The normalized spacial score (nSPS) is 18.3. The average molecular weight is 561 g/mol. The first kappa shape index (κ1) is 27.8. The fourth-order valence-corrected chi connectivity index (χ4v) is 6.08. The molecule has 1 aromatic heterocycles. The molecular weight excluding hydrogens is 524 g/mol. The molecule has 2 aliphatic rings. The number of carbonyl (C=O) groups is 1. The van der Waals surface area contributed by atoms with Gasteiger partial charge in [0.25, 0.3) is 0 Å². The number of hydrogen-bond acceptors (Lipinski definition) is 7. The number of carbonyl (C=O) groups excluding carboxylic acids is 1. The Bertz CT molecular complexity index is 1510. The minimum absolute atomic E-state index is 0.170. The van der Waals surface area contributed by atoms with Crippen LogP contribution in [0.25, 0.3) is 15.6 Å². The summed E-state index contributed by atoms with van der Waals surface area (Å²) < 4.78 is 18.2. The molecule has 2 unspecified atom stereocenters. The highest BCUT2D eigenvalue weighted by molar-refractivity contribution is 7.84. The minimum Gasteiger partial charge on any atom is -0.444 e. The number of fused-ring (bicyclic) bond motifs is 2. The third-order valence-corrected chi connectivity index (χ3v) is 8.12. The second kappa shape index (κ2) is 11.0. The summed E-state index contributed by atoms with van der Waals surface area (Å²) in [6, 6.07) is 12.4. The Morgan fingerprint density at radius 2 is 1.88 bits per heavy atom. The van der Waals surface area contributed by atoms with Gasteiger partial charge in [-0.25, -0.2) is 21.3 Å². The summed E-state index contributed by atoms with van der Waals surface area (Å²) in [4.78, 5) is 32.2. The monoisotopic (exact) mass is 560 g/mol. The molecule has 3 heterocycles. The fraction of sp³-hybridized carbons (Fsp3) is 0.467. The molecule has 2 aliphatic heterocycles. The van der Waals surface area contributed by atoms with Gasteiger partial charge in [0.1, 0.15) is 17.5 Å². The first-order valence-corrected chi connectivity index (χ1v) is 15.2. The molecule has 2 atom stereocenters. The molecule has 9 nitrogen and oxygen atoms in total. The van der Waals surface area contributed by atoms with E-state index < -0.39 is 22.5 Å². The van der Waals surface area contributed by atoms with Crippen molar-refractivity contribution >= 4 is 39.2 Å². The number of anilines is 2. The van der Waals surface area contributed by atoms with Gasteiger partial charge < -0.3 is 19.4 Å². The lowest BCUT2D eigenvalue weighted by Gasteiger charge is -2.41. The summed E-state index contributed by atoms with van der Waals surface area (Å²) in [5, 5.41) is 2.75. The van der Waals surface area contributed by atoms with Crippen LogP contribution in [-0.2, 0) is 28.5 Å². The van der Waals surface area contributed by atoms with E-state index in [1.54, 1.807) is 11.2 Å².